The highest BCUT2D eigenvalue weighted by atomic mass is 79.9. The molecule has 0 aliphatic carbocycles. The van der Waals surface area contributed by atoms with Gasteiger partial charge in [-0.2, -0.15) is 10.2 Å². The minimum atomic E-state index is 0.511. The Hall–Kier alpha value is -1.30. The fraction of sp³-hybridized carbons (Fsp3) is 0.333. The lowest BCUT2D eigenvalue weighted by atomic mass is 10.3. The fourth-order valence-electron chi connectivity index (χ4n) is 1.47. The van der Waals surface area contributed by atoms with Crippen LogP contribution in [0.4, 0.5) is 5.82 Å². The maximum absolute atomic E-state index is 5.64. The van der Waals surface area contributed by atoms with Crippen LogP contribution in [0.5, 0.6) is 0 Å². The lowest BCUT2D eigenvalue weighted by molar-refractivity contribution is 0.686. The summed E-state index contributed by atoms with van der Waals surface area (Å²) in [5, 5.41) is 8.44. The van der Waals surface area contributed by atoms with Crippen LogP contribution in [0, 0.1) is 6.92 Å². The molecule has 0 radical (unpaired) electrons. The number of nitrogens with two attached hydrogens (primary N) is 1. The van der Waals surface area contributed by atoms with Crippen LogP contribution in [0.15, 0.2) is 16.9 Å². The van der Waals surface area contributed by atoms with E-state index in [2.05, 4.69) is 26.1 Å². The first kappa shape index (κ1) is 10.2. The second-order valence-electron chi connectivity index (χ2n) is 3.47. The molecule has 2 N–H and O–H groups in total. The smallest absolute Gasteiger partial charge is 0.159 e. The maximum atomic E-state index is 5.64. The Morgan fingerprint density at radius 1 is 1.40 bits per heavy atom. The van der Waals surface area contributed by atoms with Gasteiger partial charge >= 0.3 is 0 Å². The number of nitrogens with zero attached hydrogens (tertiary/aromatic N) is 4. The van der Waals surface area contributed by atoms with Gasteiger partial charge in [-0.05, 0) is 22.9 Å². The van der Waals surface area contributed by atoms with E-state index in [0.717, 1.165) is 15.7 Å². The Morgan fingerprint density at radius 2 is 2.13 bits per heavy atom. The second-order valence-corrected chi connectivity index (χ2v) is 4.33. The third-order valence-electron chi connectivity index (χ3n) is 2.19. The molecule has 0 aliphatic rings. The van der Waals surface area contributed by atoms with E-state index in [1.165, 1.54) is 0 Å². The Balaban J connectivity index is 2.25. The molecule has 0 bridgehead atoms. The number of hydrogen-bond acceptors (Lipinski definition) is 3. The normalized spacial score (nSPS) is 10.9. The largest absolute Gasteiger partial charge is 0.381 e. The van der Waals surface area contributed by atoms with Crippen molar-refractivity contribution in [1.82, 2.24) is 19.6 Å². The highest BCUT2D eigenvalue weighted by Gasteiger charge is 2.06. The van der Waals surface area contributed by atoms with E-state index in [0.29, 0.717) is 12.4 Å². The van der Waals surface area contributed by atoms with Gasteiger partial charge in [-0.1, -0.05) is 0 Å². The predicted molar refractivity (Wildman–Crippen MR) is 61.4 cm³/mol. The summed E-state index contributed by atoms with van der Waals surface area (Å²) in [4.78, 5) is 0. The molecule has 0 atom stereocenters. The first-order valence-electron chi connectivity index (χ1n) is 4.54. The zero-order chi connectivity index (χ0) is 11.0. The molecule has 0 aliphatic heterocycles. The predicted octanol–water partition coefficient (Wildman–Crippen LogP) is 1.32. The molecule has 2 aromatic heterocycles. The zero-order valence-corrected chi connectivity index (χ0v) is 10.2. The summed E-state index contributed by atoms with van der Waals surface area (Å²) in [6.45, 7) is 2.67. The monoisotopic (exact) mass is 269 g/mol. The van der Waals surface area contributed by atoms with E-state index < -0.39 is 0 Å². The number of aryl methyl sites for hydroxylation is 2. The van der Waals surface area contributed by atoms with Gasteiger partial charge in [0.15, 0.2) is 5.82 Å². The molecule has 0 saturated heterocycles. The van der Waals surface area contributed by atoms with Crippen molar-refractivity contribution >= 4 is 21.7 Å². The van der Waals surface area contributed by atoms with Crippen molar-refractivity contribution < 1.29 is 0 Å². The number of hydrogen-bond donors (Lipinski definition) is 1. The zero-order valence-electron chi connectivity index (χ0n) is 8.61. The molecule has 6 heteroatoms. The molecular formula is C9H12BrN5. The van der Waals surface area contributed by atoms with Crippen LogP contribution in [-0.2, 0) is 13.6 Å². The van der Waals surface area contributed by atoms with Crippen molar-refractivity contribution in [2.45, 2.75) is 13.5 Å². The third-order valence-corrected chi connectivity index (χ3v) is 2.80. The van der Waals surface area contributed by atoms with Gasteiger partial charge in [0, 0.05) is 25.0 Å². The lowest BCUT2D eigenvalue weighted by Crippen LogP contribution is -2.01. The molecule has 15 heavy (non-hydrogen) atoms. The average molecular weight is 270 g/mol. The number of aromatic nitrogens is 4. The number of rotatable bonds is 2. The van der Waals surface area contributed by atoms with E-state index >= 15 is 0 Å². The number of halogens is 1. The summed E-state index contributed by atoms with van der Waals surface area (Å²) >= 11 is 3.32. The van der Waals surface area contributed by atoms with E-state index in [9.17, 15) is 0 Å². The van der Waals surface area contributed by atoms with Gasteiger partial charge in [-0.3, -0.25) is 9.36 Å². The SMILES string of the molecule is Cc1nn(C)cc1Cn1cc(Br)c(N)n1. The van der Waals surface area contributed by atoms with Crippen molar-refractivity contribution in [3.05, 3.63) is 28.1 Å². The van der Waals surface area contributed by atoms with Crippen molar-refractivity contribution in [1.29, 1.82) is 0 Å². The van der Waals surface area contributed by atoms with Crippen LogP contribution in [0.2, 0.25) is 0 Å². The molecule has 0 saturated carbocycles. The molecule has 80 valence electrons. The van der Waals surface area contributed by atoms with Crippen LogP contribution in [0.25, 0.3) is 0 Å². The van der Waals surface area contributed by atoms with Gasteiger partial charge in [0.1, 0.15) is 0 Å². The molecule has 0 fully saturated rings. The highest BCUT2D eigenvalue weighted by molar-refractivity contribution is 9.10. The molecule has 0 aromatic carbocycles. The summed E-state index contributed by atoms with van der Waals surface area (Å²) in [6.07, 6.45) is 3.85. The summed E-state index contributed by atoms with van der Waals surface area (Å²) in [5.41, 5.74) is 7.80. The van der Waals surface area contributed by atoms with Gasteiger partial charge in [0.2, 0.25) is 0 Å². The second kappa shape index (κ2) is 3.69. The van der Waals surface area contributed by atoms with Gasteiger partial charge < -0.3 is 5.73 Å². The first-order valence-corrected chi connectivity index (χ1v) is 5.33. The molecule has 0 spiro atoms. The molecule has 2 rings (SSSR count). The highest BCUT2D eigenvalue weighted by Crippen LogP contribution is 2.17. The maximum Gasteiger partial charge on any atom is 0.159 e. The first-order chi connectivity index (χ1) is 7.06. The minimum Gasteiger partial charge on any atom is -0.381 e. The van der Waals surface area contributed by atoms with E-state index in [1.807, 2.05) is 26.4 Å². The fourth-order valence-corrected chi connectivity index (χ4v) is 1.79. The summed E-state index contributed by atoms with van der Waals surface area (Å²) < 4.78 is 4.42. The van der Waals surface area contributed by atoms with Crippen molar-refractivity contribution in [2.75, 3.05) is 5.73 Å². The van der Waals surface area contributed by atoms with Crippen LogP contribution in [0.1, 0.15) is 11.3 Å². The minimum absolute atomic E-state index is 0.511. The molecule has 0 unspecified atom stereocenters. The summed E-state index contributed by atoms with van der Waals surface area (Å²) in [6, 6.07) is 0. The lowest BCUT2D eigenvalue weighted by Gasteiger charge is -1.98. The van der Waals surface area contributed by atoms with E-state index in [-0.39, 0.29) is 0 Å². The van der Waals surface area contributed by atoms with Gasteiger partial charge in [-0.15, -0.1) is 0 Å². The van der Waals surface area contributed by atoms with Crippen molar-refractivity contribution in [3.8, 4) is 0 Å². The molecule has 0 amide bonds. The van der Waals surface area contributed by atoms with Crippen molar-refractivity contribution in [3.63, 3.8) is 0 Å². The summed E-state index contributed by atoms with van der Waals surface area (Å²) in [5.74, 6) is 0.511. The molecule has 2 aromatic rings. The number of anilines is 1. The number of nitrogen functional groups attached to an aromatic ring is 1. The van der Waals surface area contributed by atoms with Crippen LogP contribution in [-0.4, -0.2) is 19.6 Å². The average Bonchev–Trinajstić information content (AvgIpc) is 2.59. The standard InChI is InChI=1S/C9H12BrN5/c1-6-7(3-14(2)12-6)4-15-5-8(10)9(11)13-15/h3,5H,4H2,1-2H3,(H2,11,13). The molecule has 5 nitrogen and oxygen atoms in total. The Morgan fingerprint density at radius 3 is 2.60 bits per heavy atom. The van der Waals surface area contributed by atoms with Crippen molar-refractivity contribution in [2.24, 2.45) is 7.05 Å². The molecule has 2 heterocycles. The van der Waals surface area contributed by atoms with E-state index in [4.69, 9.17) is 5.73 Å². The van der Waals surface area contributed by atoms with Gasteiger partial charge in [0.05, 0.1) is 16.7 Å². The Bertz CT molecular complexity index is 465. The molecular weight excluding hydrogens is 258 g/mol. The van der Waals surface area contributed by atoms with Gasteiger partial charge in [-0.25, -0.2) is 0 Å². The van der Waals surface area contributed by atoms with E-state index in [1.54, 1.807) is 9.36 Å². The topological polar surface area (TPSA) is 61.7 Å². The third kappa shape index (κ3) is 2.04. The quantitative estimate of drug-likeness (QED) is 0.895. The van der Waals surface area contributed by atoms with Crippen LogP contribution >= 0.6 is 15.9 Å². The van der Waals surface area contributed by atoms with Crippen LogP contribution in [0.3, 0.4) is 0 Å². The van der Waals surface area contributed by atoms with Crippen LogP contribution < -0.4 is 5.73 Å². The Labute approximate surface area is 96.0 Å². The Kier molecular flexibility index (Phi) is 2.52. The van der Waals surface area contributed by atoms with Gasteiger partial charge in [0.25, 0.3) is 0 Å². The summed E-state index contributed by atoms with van der Waals surface area (Å²) in [7, 11) is 1.91.